The minimum atomic E-state index is 0.0687. The Labute approximate surface area is 193 Å². The van der Waals surface area contributed by atoms with E-state index in [0.717, 1.165) is 30.7 Å². The molecule has 0 aromatic carbocycles. The molecule has 180 valence electrons. The van der Waals surface area contributed by atoms with Crippen molar-refractivity contribution in [3.05, 3.63) is 12.2 Å². The Morgan fingerprint density at radius 2 is 1.52 bits per heavy atom. The monoisotopic (exact) mass is 434 g/mol. The number of quaternary nitrogens is 1. The number of allylic oxidation sites excluding steroid dienone is 2. The van der Waals surface area contributed by atoms with Crippen LogP contribution in [0.3, 0.4) is 0 Å². The summed E-state index contributed by atoms with van der Waals surface area (Å²) in [5, 5.41) is 2.96. The van der Waals surface area contributed by atoms with E-state index < -0.39 is 0 Å². The maximum absolute atomic E-state index is 11.2. The zero-order chi connectivity index (χ0) is 22.6. The summed E-state index contributed by atoms with van der Waals surface area (Å²) in [5.41, 5.74) is 0. The third kappa shape index (κ3) is 13.1. The van der Waals surface area contributed by atoms with Gasteiger partial charge in [-0.25, -0.2) is 4.99 Å². The van der Waals surface area contributed by atoms with E-state index in [4.69, 9.17) is 4.99 Å². The fourth-order valence-electron chi connectivity index (χ4n) is 4.71. The van der Waals surface area contributed by atoms with Gasteiger partial charge in [0.25, 0.3) is 0 Å². The van der Waals surface area contributed by atoms with Gasteiger partial charge in [-0.15, -0.1) is 0 Å². The molecule has 1 rings (SSSR count). The highest BCUT2D eigenvalue weighted by molar-refractivity contribution is 5.72. The smallest absolute Gasteiger partial charge is 0.217 e. The molecule has 1 N–H and O–H groups in total. The van der Waals surface area contributed by atoms with Gasteiger partial charge in [0.05, 0.1) is 25.8 Å². The number of likely N-dealkylation sites (N-methyl/N-ethyl adjacent to an activating group) is 1. The SMILES string of the molecule is CCCCCCCC/C=C/CCCCCCCCC1N=CC[N+]1(CC)CCNC(C)=O. The lowest BCUT2D eigenvalue weighted by atomic mass is 10.1. The van der Waals surface area contributed by atoms with Gasteiger partial charge < -0.3 is 5.32 Å². The maximum atomic E-state index is 11.2. The number of rotatable bonds is 20. The summed E-state index contributed by atoms with van der Waals surface area (Å²) in [6.07, 6.45) is 27.5. The molecule has 0 aromatic heterocycles. The predicted molar refractivity (Wildman–Crippen MR) is 136 cm³/mol. The highest BCUT2D eigenvalue weighted by Gasteiger charge is 2.37. The number of amides is 1. The molecule has 1 amide bonds. The van der Waals surface area contributed by atoms with Gasteiger partial charge in [0, 0.05) is 13.3 Å². The number of nitrogens with one attached hydrogen (secondary N) is 1. The molecule has 0 bridgehead atoms. The van der Waals surface area contributed by atoms with E-state index in [1.807, 2.05) is 0 Å². The lowest BCUT2D eigenvalue weighted by Crippen LogP contribution is -2.55. The Hall–Kier alpha value is -1.16. The Morgan fingerprint density at radius 1 is 0.935 bits per heavy atom. The van der Waals surface area contributed by atoms with Gasteiger partial charge in [0.15, 0.2) is 6.17 Å². The summed E-state index contributed by atoms with van der Waals surface area (Å²) in [6, 6.07) is 0. The van der Waals surface area contributed by atoms with Gasteiger partial charge in [0.2, 0.25) is 5.91 Å². The zero-order valence-electron chi connectivity index (χ0n) is 21.0. The van der Waals surface area contributed by atoms with Crippen molar-refractivity contribution in [3.8, 4) is 0 Å². The summed E-state index contributed by atoms with van der Waals surface area (Å²) in [6.45, 7) is 10.0. The van der Waals surface area contributed by atoms with Gasteiger partial charge in [-0.3, -0.25) is 9.28 Å². The summed E-state index contributed by atoms with van der Waals surface area (Å²) < 4.78 is 1.02. The number of aliphatic imine (C=N–C) groups is 1. The first-order chi connectivity index (χ1) is 15.1. The molecule has 0 aromatic rings. The molecule has 0 radical (unpaired) electrons. The lowest BCUT2D eigenvalue weighted by molar-refractivity contribution is -0.935. The van der Waals surface area contributed by atoms with Crippen LogP contribution in [0.2, 0.25) is 0 Å². The third-order valence-corrected chi connectivity index (χ3v) is 6.89. The van der Waals surface area contributed by atoms with Crippen LogP contribution in [0, 0.1) is 0 Å². The van der Waals surface area contributed by atoms with Crippen molar-refractivity contribution in [2.45, 2.75) is 123 Å². The first-order valence-corrected chi connectivity index (χ1v) is 13.4. The second kappa shape index (κ2) is 18.4. The largest absolute Gasteiger partial charge is 0.351 e. The van der Waals surface area contributed by atoms with Crippen LogP contribution in [0.15, 0.2) is 17.1 Å². The van der Waals surface area contributed by atoms with E-state index in [9.17, 15) is 4.79 Å². The number of carbonyl (C=O) groups is 1. The normalized spacial score (nSPS) is 20.7. The van der Waals surface area contributed by atoms with Crippen molar-refractivity contribution in [1.82, 2.24) is 5.32 Å². The van der Waals surface area contributed by atoms with E-state index in [1.54, 1.807) is 6.92 Å². The molecule has 0 saturated heterocycles. The Balaban J connectivity index is 1.99. The first-order valence-electron chi connectivity index (χ1n) is 13.4. The molecular formula is C27H52N3O+. The topological polar surface area (TPSA) is 41.5 Å². The van der Waals surface area contributed by atoms with Gasteiger partial charge in [0.1, 0.15) is 6.54 Å². The number of hydrogen-bond acceptors (Lipinski definition) is 2. The summed E-state index contributed by atoms with van der Waals surface area (Å²) in [5.74, 6) is 0.0687. The van der Waals surface area contributed by atoms with E-state index >= 15 is 0 Å². The van der Waals surface area contributed by atoms with Crippen LogP contribution in [0.4, 0.5) is 0 Å². The third-order valence-electron chi connectivity index (χ3n) is 6.89. The summed E-state index contributed by atoms with van der Waals surface area (Å²) in [4.78, 5) is 16.0. The van der Waals surface area contributed by atoms with Crippen LogP contribution < -0.4 is 5.32 Å². The molecule has 31 heavy (non-hydrogen) atoms. The van der Waals surface area contributed by atoms with Gasteiger partial charge in [-0.05, 0) is 39.0 Å². The molecule has 4 nitrogen and oxygen atoms in total. The van der Waals surface area contributed by atoms with Crippen LogP contribution in [-0.4, -0.2) is 48.9 Å². The average molecular weight is 435 g/mol. The maximum Gasteiger partial charge on any atom is 0.217 e. The minimum Gasteiger partial charge on any atom is -0.351 e. The Morgan fingerprint density at radius 3 is 2.10 bits per heavy atom. The second-order valence-electron chi connectivity index (χ2n) is 9.46. The number of unbranched alkanes of at least 4 members (excludes halogenated alkanes) is 12. The van der Waals surface area contributed by atoms with Crippen molar-refractivity contribution in [2.24, 2.45) is 4.99 Å². The fourth-order valence-corrected chi connectivity index (χ4v) is 4.71. The number of nitrogens with zero attached hydrogens (tertiary/aromatic N) is 2. The van der Waals surface area contributed by atoms with E-state index in [0.29, 0.717) is 6.17 Å². The summed E-state index contributed by atoms with van der Waals surface area (Å²) >= 11 is 0. The molecule has 1 aliphatic heterocycles. The van der Waals surface area contributed by atoms with Crippen LogP contribution >= 0.6 is 0 Å². The summed E-state index contributed by atoms with van der Waals surface area (Å²) in [7, 11) is 0. The molecular weight excluding hydrogens is 382 g/mol. The molecule has 1 aliphatic rings. The second-order valence-corrected chi connectivity index (χ2v) is 9.46. The van der Waals surface area contributed by atoms with Crippen molar-refractivity contribution in [3.63, 3.8) is 0 Å². The highest BCUT2D eigenvalue weighted by atomic mass is 16.1. The standard InChI is InChI=1S/C27H51N3O/c1-4-6-7-8-9-10-11-12-13-14-15-16-17-18-19-20-21-27-29-23-25-30(27,5-2)24-22-28-26(3)31/h12-13,23,27H,4-11,14-22,24-25H2,1-3H3/p+1/b13-12+. The van der Waals surface area contributed by atoms with Gasteiger partial charge in [-0.2, -0.15) is 0 Å². The van der Waals surface area contributed by atoms with Crippen molar-refractivity contribution >= 4 is 12.1 Å². The van der Waals surface area contributed by atoms with Crippen LogP contribution in [0.1, 0.15) is 117 Å². The van der Waals surface area contributed by atoms with Crippen molar-refractivity contribution in [2.75, 3.05) is 26.2 Å². The van der Waals surface area contributed by atoms with Crippen LogP contribution in [-0.2, 0) is 4.79 Å². The molecule has 0 fully saturated rings. The quantitative estimate of drug-likeness (QED) is 0.128. The Kier molecular flexibility index (Phi) is 16.6. The number of hydrogen-bond donors (Lipinski definition) is 1. The minimum absolute atomic E-state index is 0.0687. The average Bonchev–Trinajstić information content (AvgIpc) is 3.16. The molecule has 2 atom stereocenters. The lowest BCUT2D eigenvalue weighted by Gasteiger charge is -2.38. The molecule has 0 aliphatic carbocycles. The van der Waals surface area contributed by atoms with Crippen LogP contribution in [0.25, 0.3) is 0 Å². The number of carbonyl (C=O) groups excluding carboxylic acids is 1. The fraction of sp³-hybridized carbons (Fsp3) is 0.852. The first kappa shape index (κ1) is 27.9. The molecule has 0 saturated carbocycles. The highest BCUT2D eigenvalue weighted by Crippen LogP contribution is 2.24. The van der Waals surface area contributed by atoms with E-state index in [1.165, 1.54) is 96.3 Å². The predicted octanol–water partition coefficient (Wildman–Crippen LogP) is 6.80. The van der Waals surface area contributed by atoms with E-state index in [2.05, 4.69) is 37.5 Å². The zero-order valence-corrected chi connectivity index (χ0v) is 21.0. The van der Waals surface area contributed by atoms with Crippen molar-refractivity contribution in [1.29, 1.82) is 0 Å². The molecule has 1 heterocycles. The molecule has 0 spiro atoms. The van der Waals surface area contributed by atoms with E-state index in [-0.39, 0.29) is 5.91 Å². The van der Waals surface area contributed by atoms with Gasteiger partial charge >= 0.3 is 0 Å². The van der Waals surface area contributed by atoms with Crippen LogP contribution in [0.5, 0.6) is 0 Å². The van der Waals surface area contributed by atoms with Crippen molar-refractivity contribution < 1.29 is 9.28 Å². The Bertz CT molecular complexity index is 503. The molecule has 2 unspecified atom stereocenters. The van der Waals surface area contributed by atoms with Gasteiger partial charge in [-0.1, -0.05) is 76.9 Å². The molecule has 4 heteroatoms.